The number of amides is 1. The Morgan fingerprint density at radius 1 is 0.964 bits per heavy atom. The second-order valence-corrected chi connectivity index (χ2v) is 6.98. The van der Waals surface area contributed by atoms with E-state index in [4.69, 9.17) is 5.73 Å². The van der Waals surface area contributed by atoms with Crippen molar-refractivity contribution >= 4 is 40.3 Å². The van der Waals surface area contributed by atoms with Crippen molar-refractivity contribution in [3.8, 4) is 11.3 Å². The molecule has 2 heterocycles. The first-order valence-electron chi connectivity index (χ1n) is 8.58. The molecule has 2 aromatic heterocycles. The lowest BCUT2D eigenvalue weighted by Crippen LogP contribution is -2.10. The fraction of sp³-hybridized carbons (Fsp3) is 0. The number of hydrogen-bond donors (Lipinski definition) is 3. The molecule has 0 atom stereocenters. The van der Waals surface area contributed by atoms with Gasteiger partial charge in [0.25, 0.3) is 5.91 Å². The highest BCUT2D eigenvalue weighted by atomic mass is 32.1. The van der Waals surface area contributed by atoms with Crippen LogP contribution >= 0.6 is 11.3 Å². The number of nitrogens with zero attached hydrogens (tertiary/aromatic N) is 2. The molecular formula is C21H17N5OS. The molecule has 0 fully saturated rings. The zero-order chi connectivity index (χ0) is 19.3. The number of nitrogens with one attached hydrogen (secondary N) is 2. The molecule has 7 heteroatoms. The van der Waals surface area contributed by atoms with Crippen molar-refractivity contribution in [1.82, 2.24) is 9.97 Å². The first kappa shape index (κ1) is 17.7. The average molecular weight is 387 g/mol. The van der Waals surface area contributed by atoms with Crippen molar-refractivity contribution in [3.05, 3.63) is 83.2 Å². The molecule has 0 spiro atoms. The number of nitrogens with two attached hydrogens (primary N) is 1. The molecule has 0 radical (unpaired) electrons. The molecule has 4 rings (SSSR count). The van der Waals surface area contributed by atoms with Crippen molar-refractivity contribution in [3.63, 3.8) is 0 Å². The Hall–Kier alpha value is -3.71. The Morgan fingerprint density at radius 3 is 2.64 bits per heavy atom. The maximum atomic E-state index is 12.3. The number of carbonyl (C=O) groups is 1. The number of nitrogen functional groups attached to an aromatic ring is 1. The summed E-state index contributed by atoms with van der Waals surface area (Å²) in [6.07, 6.45) is 1.69. The summed E-state index contributed by atoms with van der Waals surface area (Å²) in [6, 6.07) is 20.4. The number of rotatable bonds is 5. The van der Waals surface area contributed by atoms with Gasteiger partial charge in [0.1, 0.15) is 0 Å². The third kappa shape index (κ3) is 4.16. The number of carbonyl (C=O) groups excluding carboxylic acids is 1. The quantitative estimate of drug-likeness (QED) is 0.428. The second-order valence-electron chi connectivity index (χ2n) is 6.03. The number of benzene rings is 2. The van der Waals surface area contributed by atoms with Gasteiger partial charge in [-0.1, -0.05) is 24.3 Å². The lowest BCUT2D eigenvalue weighted by atomic mass is 10.1. The van der Waals surface area contributed by atoms with Gasteiger partial charge in [0.2, 0.25) is 5.95 Å². The fourth-order valence-corrected chi connectivity index (χ4v) is 3.30. The Bertz CT molecular complexity index is 1110. The van der Waals surface area contributed by atoms with E-state index in [1.54, 1.807) is 12.3 Å². The number of anilines is 4. The molecule has 4 aromatic rings. The van der Waals surface area contributed by atoms with Crippen molar-refractivity contribution in [1.29, 1.82) is 0 Å². The average Bonchev–Trinajstić information content (AvgIpc) is 3.24. The zero-order valence-electron chi connectivity index (χ0n) is 14.8. The van der Waals surface area contributed by atoms with Crippen molar-refractivity contribution in [2.45, 2.75) is 0 Å². The van der Waals surface area contributed by atoms with Crippen LogP contribution in [0.1, 0.15) is 9.67 Å². The molecule has 1 amide bonds. The van der Waals surface area contributed by atoms with Crippen LogP contribution in [0.15, 0.2) is 78.3 Å². The summed E-state index contributed by atoms with van der Waals surface area (Å²) in [5.74, 6) is 0.343. The normalized spacial score (nSPS) is 10.4. The molecule has 0 aliphatic heterocycles. The van der Waals surface area contributed by atoms with Gasteiger partial charge in [0.15, 0.2) is 0 Å². The summed E-state index contributed by atoms with van der Waals surface area (Å²) < 4.78 is 0. The minimum Gasteiger partial charge on any atom is -0.399 e. The Balaban J connectivity index is 1.55. The minimum absolute atomic E-state index is 0.126. The van der Waals surface area contributed by atoms with Crippen LogP contribution in [0.5, 0.6) is 0 Å². The molecule has 0 aliphatic carbocycles. The van der Waals surface area contributed by atoms with E-state index in [0.29, 0.717) is 22.2 Å². The van der Waals surface area contributed by atoms with Gasteiger partial charge in [-0.2, -0.15) is 0 Å². The molecule has 6 nitrogen and oxygen atoms in total. The molecule has 138 valence electrons. The van der Waals surface area contributed by atoms with Gasteiger partial charge in [-0.25, -0.2) is 9.97 Å². The summed E-state index contributed by atoms with van der Waals surface area (Å²) in [5.41, 5.74) is 9.62. The summed E-state index contributed by atoms with van der Waals surface area (Å²) in [7, 11) is 0. The lowest BCUT2D eigenvalue weighted by Gasteiger charge is -2.09. The number of hydrogen-bond acceptors (Lipinski definition) is 6. The second kappa shape index (κ2) is 7.89. The van der Waals surface area contributed by atoms with Crippen LogP contribution in [0.3, 0.4) is 0 Å². The molecule has 0 aliphatic rings. The summed E-state index contributed by atoms with van der Waals surface area (Å²) in [4.78, 5) is 21.8. The molecule has 0 bridgehead atoms. The van der Waals surface area contributed by atoms with Crippen LogP contribution in [-0.4, -0.2) is 15.9 Å². The van der Waals surface area contributed by atoms with E-state index in [1.165, 1.54) is 11.3 Å². The summed E-state index contributed by atoms with van der Waals surface area (Å²) in [5, 5.41) is 7.94. The van der Waals surface area contributed by atoms with Gasteiger partial charge in [0, 0.05) is 28.8 Å². The topological polar surface area (TPSA) is 92.9 Å². The smallest absolute Gasteiger partial charge is 0.265 e. The molecule has 2 aromatic carbocycles. The largest absolute Gasteiger partial charge is 0.399 e. The van der Waals surface area contributed by atoms with Gasteiger partial charge < -0.3 is 16.4 Å². The standard InChI is InChI=1S/C21H17N5OS/c22-15-5-2-7-17(13-15)25-21-23-10-9-18(26-21)14-4-1-6-16(12-14)24-20(27)19-8-3-11-28-19/h1-13H,22H2,(H,24,27)(H,23,25,26). The van der Waals surface area contributed by atoms with Crippen LogP contribution in [0, 0.1) is 0 Å². The fourth-order valence-electron chi connectivity index (χ4n) is 2.68. The maximum Gasteiger partial charge on any atom is 0.265 e. The van der Waals surface area contributed by atoms with Crippen molar-refractivity contribution in [2.75, 3.05) is 16.4 Å². The van der Waals surface area contributed by atoms with E-state index in [0.717, 1.165) is 16.9 Å². The minimum atomic E-state index is -0.126. The van der Waals surface area contributed by atoms with Gasteiger partial charge in [-0.05, 0) is 47.8 Å². The molecule has 4 N–H and O–H groups in total. The van der Waals surface area contributed by atoms with E-state index in [9.17, 15) is 4.79 Å². The SMILES string of the molecule is Nc1cccc(Nc2nccc(-c3cccc(NC(=O)c4cccs4)c3)n2)c1. The molecule has 0 saturated carbocycles. The van der Waals surface area contributed by atoms with E-state index >= 15 is 0 Å². The summed E-state index contributed by atoms with van der Waals surface area (Å²) >= 11 is 1.40. The van der Waals surface area contributed by atoms with Gasteiger partial charge in [0.05, 0.1) is 10.6 Å². The first-order chi connectivity index (χ1) is 13.7. The zero-order valence-corrected chi connectivity index (χ0v) is 15.6. The highest BCUT2D eigenvalue weighted by molar-refractivity contribution is 7.12. The first-order valence-corrected chi connectivity index (χ1v) is 9.46. The van der Waals surface area contributed by atoms with E-state index < -0.39 is 0 Å². The highest BCUT2D eigenvalue weighted by Gasteiger charge is 2.09. The van der Waals surface area contributed by atoms with E-state index in [-0.39, 0.29) is 5.91 Å². The maximum absolute atomic E-state index is 12.3. The van der Waals surface area contributed by atoms with Gasteiger partial charge in [-0.3, -0.25) is 4.79 Å². The number of aromatic nitrogens is 2. The van der Waals surface area contributed by atoms with Crippen molar-refractivity contribution in [2.24, 2.45) is 0 Å². The highest BCUT2D eigenvalue weighted by Crippen LogP contribution is 2.23. The monoisotopic (exact) mass is 387 g/mol. The molecule has 0 unspecified atom stereocenters. The van der Waals surface area contributed by atoms with Crippen LogP contribution < -0.4 is 16.4 Å². The lowest BCUT2D eigenvalue weighted by molar-refractivity contribution is 0.103. The molecule has 28 heavy (non-hydrogen) atoms. The molecule has 0 saturated heterocycles. The summed E-state index contributed by atoms with van der Waals surface area (Å²) in [6.45, 7) is 0. The Kier molecular flexibility index (Phi) is 4.99. The number of thiophene rings is 1. The van der Waals surface area contributed by atoms with E-state index in [1.807, 2.05) is 66.0 Å². The Morgan fingerprint density at radius 2 is 1.82 bits per heavy atom. The van der Waals surface area contributed by atoms with Gasteiger partial charge >= 0.3 is 0 Å². The van der Waals surface area contributed by atoms with Crippen LogP contribution in [0.25, 0.3) is 11.3 Å². The van der Waals surface area contributed by atoms with E-state index in [2.05, 4.69) is 20.6 Å². The third-order valence-corrected chi connectivity index (χ3v) is 4.83. The third-order valence-electron chi connectivity index (χ3n) is 3.96. The Labute approximate surface area is 166 Å². The van der Waals surface area contributed by atoms with Gasteiger partial charge in [-0.15, -0.1) is 11.3 Å². The van der Waals surface area contributed by atoms with Crippen LogP contribution in [0.4, 0.5) is 23.0 Å². The predicted molar refractivity (Wildman–Crippen MR) is 114 cm³/mol. The van der Waals surface area contributed by atoms with Crippen molar-refractivity contribution < 1.29 is 4.79 Å². The predicted octanol–water partition coefficient (Wildman–Crippen LogP) is 4.78. The van der Waals surface area contributed by atoms with Crippen LogP contribution in [0.2, 0.25) is 0 Å². The van der Waals surface area contributed by atoms with Crippen LogP contribution in [-0.2, 0) is 0 Å². The molecular weight excluding hydrogens is 370 g/mol.